The van der Waals surface area contributed by atoms with Gasteiger partial charge in [-0.1, -0.05) is 35.3 Å². The van der Waals surface area contributed by atoms with E-state index < -0.39 is 5.41 Å². The molecule has 0 saturated heterocycles. The van der Waals surface area contributed by atoms with Crippen LogP contribution in [0.5, 0.6) is 0 Å². The lowest BCUT2D eigenvalue weighted by atomic mass is 9.84. The summed E-state index contributed by atoms with van der Waals surface area (Å²) in [5.41, 5.74) is 0.670. The molecule has 126 valence electrons. The van der Waals surface area contributed by atoms with Gasteiger partial charge in [0, 0.05) is 15.7 Å². The van der Waals surface area contributed by atoms with Crippen LogP contribution in [0.2, 0.25) is 10.0 Å². The molecule has 2 amide bonds. The van der Waals surface area contributed by atoms with Gasteiger partial charge in [0.05, 0.1) is 12.0 Å². The Morgan fingerprint density at radius 3 is 1.96 bits per heavy atom. The highest BCUT2D eigenvalue weighted by molar-refractivity contribution is 6.30. The molecular formula is C18H18Cl2N2O2. The summed E-state index contributed by atoms with van der Waals surface area (Å²) in [4.78, 5) is 24.3. The van der Waals surface area contributed by atoms with E-state index >= 15 is 0 Å². The third-order valence-corrected chi connectivity index (χ3v) is 4.17. The molecule has 2 N–H and O–H groups in total. The van der Waals surface area contributed by atoms with Crippen molar-refractivity contribution in [2.24, 2.45) is 0 Å². The Bertz CT molecular complexity index is 726. The molecule has 0 unspecified atom stereocenters. The lowest BCUT2D eigenvalue weighted by Crippen LogP contribution is -2.43. The summed E-state index contributed by atoms with van der Waals surface area (Å²) in [6.45, 7) is 3.48. The lowest BCUT2D eigenvalue weighted by molar-refractivity contribution is -0.127. The second kappa shape index (κ2) is 7.69. The van der Waals surface area contributed by atoms with E-state index in [4.69, 9.17) is 23.2 Å². The topological polar surface area (TPSA) is 58.2 Å². The van der Waals surface area contributed by atoms with E-state index in [-0.39, 0.29) is 18.4 Å². The van der Waals surface area contributed by atoms with E-state index in [0.717, 1.165) is 5.56 Å². The van der Waals surface area contributed by atoms with Gasteiger partial charge in [0.15, 0.2) is 0 Å². The Kier molecular flexibility index (Phi) is 5.86. The first kappa shape index (κ1) is 18.3. The Labute approximate surface area is 151 Å². The summed E-state index contributed by atoms with van der Waals surface area (Å²) >= 11 is 11.7. The first-order chi connectivity index (χ1) is 11.3. The van der Waals surface area contributed by atoms with E-state index in [0.29, 0.717) is 15.7 Å². The molecule has 0 radical (unpaired) electrons. The molecule has 0 aliphatic carbocycles. The maximum Gasteiger partial charge on any atom is 0.243 e. The summed E-state index contributed by atoms with van der Waals surface area (Å²) in [7, 11) is 0. The van der Waals surface area contributed by atoms with Crippen LogP contribution in [-0.4, -0.2) is 18.4 Å². The number of carbonyl (C=O) groups is 2. The van der Waals surface area contributed by atoms with E-state index in [1.54, 1.807) is 62.4 Å². The summed E-state index contributed by atoms with van der Waals surface area (Å²) in [5, 5.41) is 6.55. The zero-order chi connectivity index (χ0) is 17.7. The number of hydrogen-bond donors (Lipinski definition) is 2. The van der Waals surface area contributed by atoms with Crippen molar-refractivity contribution in [3.8, 4) is 0 Å². The summed E-state index contributed by atoms with van der Waals surface area (Å²) in [6.07, 6.45) is 0. The number of hydrogen-bond acceptors (Lipinski definition) is 2. The number of rotatable bonds is 5. The van der Waals surface area contributed by atoms with Gasteiger partial charge >= 0.3 is 0 Å². The minimum Gasteiger partial charge on any atom is -0.346 e. The Morgan fingerprint density at radius 1 is 0.917 bits per heavy atom. The van der Waals surface area contributed by atoms with Gasteiger partial charge in [-0.05, 0) is 55.8 Å². The number of nitrogens with one attached hydrogen (secondary N) is 2. The van der Waals surface area contributed by atoms with E-state index in [1.807, 2.05) is 0 Å². The Balaban J connectivity index is 1.92. The first-order valence-electron chi connectivity index (χ1n) is 7.39. The van der Waals surface area contributed by atoms with Gasteiger partial charge in [-0.25, -0.2) is 0 Å². The van der Waals surface area contributed by atoms with Gasteiger partial charge < -0.3 is 10.6 Å². The van der Waals surface area contributed by atoms with Crippen LogP contribution in [0.15, 0.2) is 48.5 Å². The Morgan fingerprint density at radius 2 is 1.42 bits per heavy atom. The van der Waals surface area contributed by atoms with Crippen molar-refractivity contribution in [3.63, 3.8) is 0 Å². The molecule has 0 aliphatic heterocycles. The van der Waals surface area contributed by atoms with Crippen molar-refractivity contribution in [1.29, 1.82) is 0 Å². The van der Waals surface area contributed by atoms with Crippen molar-refractivity contribution >= 4 is 40.7 Å². The average Bonchev–Trinajstić information content (AvgIpc) is 2.55. The van der Waals surface area contributed by atoms with Gasteiger partial charge in [-0.15, -0.1) is 0 Å². The molecule has 0 spiro atoms. The zero-order valence-electron chi connectivity index (χ0n) is 13.4. The minimum atomic E-state index is -0.773. The number of halogens is 2. The van der Waals surface area contributed by atoms with Crippen molar-refractivity contribution in [3.05, 3.63) is 64.1 Å². The minimum absolute atomic E-state index is 0.113. The van der Waals surface area contributed by atoms with Crippen molar-refractivity contribution in [1.82, 2.24) is 5.32 Å². The van der Waals surface area contributed by atoms with Crippen LogP contribution in [0.4, 0.5) is 5.69 Å². The molecule has 4 nitrogen and oxygen atoms in total. The number of amides is 2. The quantitative estimate of drug-likeness (QED) is 0.841. The molecule has 2 aromatic carbocycles. The molecule has 0 heterocycles. The van der Waals surface area contributed by atoms with Gasteiger partial charge in [0.1, 0.15) is 0 Å². The van der Waals surface area contributed by atoms with Crippen LogP contribution in [0.1, 0.15) is 19.4 Å². The fraction of sp³-hybridized carbons (Fsp3) is 0.222. The van der Waals surface area contributed by atoms with Gasteiger partial charge in [0.25, 0.3) is 0 Å². The molecule has 0 atom stereocenters. The molecular weight excluding hydrogens is 347 g/mol. The fourth-order valence-corrected chi connectivity index (χ4v) is 2.37. The molecule has 6 heteroatoms. The Hall–Kier alpha value is -2.04. The van der Waals surface area contributed by atoms with Crippen LogP contribution in [0.25, 0.3) is 0 Å². The zero-order valence-corrected chi connectivity index (χ0v) is 14.9. The highest BCUT2D eigenvalue weighted by atomic mass is 35.5. The van der Waals surface area contributed by atoms with Crippen LogP contribution >= 0.6 is 23.2 Å². The normalized spacial score (nSPS) is 11.0. The standard InChI is InChI=1S/C18H18Cl2N2O2/c1-18(2,12-3-5-13(19)6-4-12)17(24)21-11-16(23)22-15-9-7-14(20)8-10-15/h3-10H,11H2,1-2H3,(H,21,24)(H,22,23). The van der Waals surface area contributed by atoms with E-state index in [1.165, 1.54) is 0 Å². The molecule has 2 rings (SSSR count). The molecule has 0 fully saturated rings. The molecule has 0 saturated carbocycles. The van der Waals surface area contributed by atoms with Crippen LogP contribution in [-0.2, 0) is 15.0 Å². The van der Waals surface area contributed by atoms with Crippen LogP contribution in [0, 0.1) is 0 Å². The highest BCUT2D eigenvalue weighted by Gasteiger charge is 2.29. The predicted octanol–water partition coefficient (Wildman–Crippen LogP) is 4.03. The first-order valence-corrected chi connectivity index (χ1v) is 8.14. The third kappa shape index (κ3) is 4.73. The molecule has 0 bridgehead atoms. The van der Waals surface area contributed by atoms with Gasteiger partial charge in [0.2, 0.25) is 11.8 Å². The third-order valence-electron chi connectivity index (χ3n) is 3.67. The van der Waals surface area contributed by atoms with E-state index in [9.17, 15) is 9.59 Å². The molecule has 2 aromatic rings. The summed E-state index contributed by atoms with van der Waals surface area (Å²) < 4.78 is 0. The maximum absolute atomic E-state index is 12.4. The number of carbonyl (C=O) groups excluding carboxylic acids is 2. The number of anilines is 1. The molecule has 24 heavy (non-hydrogen) atoms. The second-order valence-corrected chi connectivity index (χ2v) is 6.74. The second-order valence-electron chi connectivity index (χ2n) is 5.87. The summed E-state index contributed by atoms with van der Waals surface area (Å²) in [5.74, 6) is -0.548. The van der Waals surface area contributed by atoms with Crippen molar-refractivity contribution in [2.75, 3.05) is 11.9 Å². The lowest BCUT2D eigenvalue weighted by Gasteiger charge is -2.24. The number of benzene rings is 2. The van der Waals surface area contributed by atoms with Crippen molar-refractivity contribution in [2.45, 2.75) is 19.3 Å². The molecule has 0 aromatic heterocycles. The fourth-order valence-electron chi connectivity index (χ4n) is 2.12. The maximum atomic E-state index is 12.4. The smallest absolute Gasteiger partial charge is 0.243 e. The highest BCUT2D eigenvalue weighted by Crippen LogP contribution is 2.24. The SMILES string of the molecule is CC(C)(C(=O)NCC(=O)Nc1ccc(Cl)cc1)c1ccc(Cl)cc1. The average molecular weight is 365 g/mol. The van der Waals surface area contributed by atoms with Gasteiger partial charge in [-0.2, -0.15) is 0 Å². The van der Waals surface area contributed by atoms with Crippen LogP contribution < -0.4 is 10.6 Å². The largest absolute Gasteiger partial charge is 0.346 e. The monoisotopic (exact) mass is 364 g/mol. The predicted molar refractivity (Wildman–Crippen MR) is 97.6 cm³/mol. The van der Waals surface area contributed by atoms with Gasteiger partial charge in [-0.3, -0.25) is 9.59 Å². The van der Waals surface area contributed by atoms with Crippen molar-refractivity contribution < 1.29 is 9.59 Å². The summed E-state index contributed by atoms with van der Waals surface area (Å²) in [6, 6.07) is 13.8. The van der Waals surface area contributed by atoms with E-state index in [2.05, 4.69) is 10.6 Å². The van der Waals surface area contributed by atoms with Crippen LogP contribution in [0.3, 0.4) is 0 Å². The molecule has 0 aliphatic rings.